The van der Waals surface area contributed by atoms with E-state index < -0.39 is 5.97 Å². The normalized spacial score (nSPS) is 13.1. The molecular formula is C18H29NO4. The summed E-state index contributed by atoms with van der Waals surface area (Å²) in [7, 11) is 0. The predicted octanol–water partition coefficient (Wildman–Crippen LogP) is 4.23. The van der Waals surface area contributed by atoms with E-state index >= 15 is 0 Å². The quantitative estimate of drug-likeness (QED) is 0.233. The van der Waals surface area contributed by atoms with Gasteiger partial charge < -0.3 is 14.2 Å². The molecule has 0 atom stereocenters. The van der Waals surface area contributed by atoms with Gasteiger partial charge in [0.15, 0.2) is 0 Å². The Hall–Kier alpha value is -1.70. The van der Waals surface area contributed by atoms with Crippen LogP contribution in [-0.2, 0) is 19.0 Å². The number of hydrogen-bond donors (Lipinski definition) is 0. The molecule has 1 heterocycles. The highest BCUT2D eigenvalue weighted by molar-refractivity contribution is 5.93. The number of nitrogens with zero attached hydrogens (tertiary/aromatic N) is 1. The maximum atomic E-state index is 11.8. The topological polar surface area (TPSA) is 68.6 Å². The molecule has 0 amide bonds. The number of carbonyl (C=O) groups excluding carboxylic acids is 1. The van der Waals surface area contributed by atoms with E-state index in [4.69, 9.17) is 19.5 Å². The molecule has 5 nitrogen and oxygen atoms in total. The van der Waals surface area contributed by atoms with E-state index in [0.717, 1.165) is 12.8 Å². The van der Waals surface area contributed by atoms with Gasteiger partial charge in [0.1, 0.15) is 19.3 Å². The molecule has 0 unspecified atom stereocenters. The Kier molecular flexibility index (Phi) is 10.8. The second-order valence-corrected chi connectivity index (χ2v) is 5.79. The largest absolute Gasteiger partial charge is 0.461 e. The maximum Gasteiger partial charge on any atom is 0.356 e. The molecule has 0 aromatic rings. The molecule has 1 aliphatic rings. The maximum absolute atomic E-state index is 11.8. The van der Waals surface area contributed by atoms with Crippen LogP contribution < -0.4 is 0 Å². The zero-order valence-electron chi connectivity index (χ0n) is 14.3. The Morgan fingerprint density at radius 1 is 1.00 bits per heavy atom. The molecule has 1 rings (SSSR count). The van der Waals surface area contributed by atoms with Crippen LogP contribution in [0, 0.1) is 11.3 Å². The molecule has 0 spiro atoms. The van der Waals surface area contributed by atoms with Gasteiger partial charge in [0.25, 0.3) is 0 Å². The second-order valence-electron chi connectivity index (χ2n) is 5.79. The molecule has 0 aliphatic carbocycles. The van der Waals surface area contributed by atoms with Crippen LogP contribution >= 0.6 is 0 Å². The molecule has 23 heavy (non-hydrogen) atoms. The Labute approximate surface area is 139 Å². The highest BCUT2D eigenvalue weighted by atomic mass is 16.7. The van der Waals surface area contributed by atoms with Crippen molar-refractivity contribution in [1.29, 1.82) is 5.26 Å². The van der Waals surface area contributed by atoms with E-state index in [1.807, 2.05) is 0 Å². The fourth-order valence-corrected chi connectivity index (χ4v) is 2.46. The molecule has 0 N–H and O–H groups in total. The zero-order chi connectivity index (χ0) is 16.8. The van der Waals surface area contributed by atoms with Crippen LogP contribution in [0.5, 0.6) is 0 Å². The zero-order valence-corrected chi connectivity index (χ0v) is 14.3. The molecular weight excluding hydrogens is 294 g/mol. The van der Waals surface area contributed by atoms with Gasteiger partial charge in [0.05, 0.1) is 6.61 Å². The Bertz CT molecular complexity index is 404. The van der Waals surface area contributed by atoms with E-state index in [9.17, 15) is 4.79 Å². The summed E-state index contributed by atoms with van der Waals surface area (Å²) < 4.78 is 15.2. The number of unbranched alkanes of at least 4 members (excludes halogenated alkanes) is 9. The van der Waals surface area contributed by atoms with Crippen molar-refractivity contribution in [2.24, 2.45) is 0 Å². The van der Waals surface area contributed by atoms with Crippen LogP contribution in [-0.4, -0.2) is 25.8 Å². The van der Waals surface area contributed by atoms with Crippen LogP contribution in [0.2, 0.25) is 0 Å². The van der Waals surface area contributed by atoms with Crippen molar-refractivity contribution in [2.75, 3.05) is 19.8 Å². The van der Waals surface area contributed by atoms with Crippen molar-refractivity contribution in [3.05, 3.63) is 11.5 Å². The minimum atomic E-state index is -0.652. The molecule has 0 aromatic carbocycles. The van der Waals surface area contributed by atoms with E-state index in [1.54, 1.807) is 6.07 Å². The summed E-state index contributed by atoms with van der Waals surface area (Å²) in [6.07, 6.45) is 12.3. The smallest absolute Gasteiger partial charge is 0.356 e. The Balaban J connectivity index is 1.99. The standard InChI is InChI=1S/C18H29NO4/c1-2-3-4-5-6-7-8-9-10-11-12-21-17(20)16(15-19)18-22-13-14-23-18/h2-14H2,1H3. The third kappa shape index (κ3) is 8.49. The molecule has 0 saturated carbocycles. The lowest BCUT2D eigenvalue weighted by Gasteiger charge is -2.05. The molecule has 1 fully saturated rings. The first-order valence-electron chi connectivity index (χ1n) is 8.86. The third-order valence-corrected chi connectivity index (χ3v) is 3.80. The van der Waals surface area contributed by atoms with E-state index in [1.165, 1.54) is 51.4 Å². The number of ether oxygens (including phenoxy) is 3. The molecule has 1 aliphatic heterocycles. The Morgan fingerprint density at radius 2 is 1.52 bits per heavy atom. The molecule has 130 valence electrons. The van der Waals surface area contributed by atoms with Gasteiger partial charge in [-0.2, -0.15) is 5.26 Å². The summed E-state index contributed by atoms with van der Waals surface area (Å²) in [5.74, 6) is -0.652. The molecule has 0 radical (unpaired) electrons. The summed E-state index contributed by atoms with van der Waals surface area (Å²) in [6.45, 7) is 3.31. The average molecular weight is 323 g/mol. The summed E-state index contributed by atoms with van der Waals surface area (Å²) in [5.41, 5.74) is -0.172. The van der Waals surface area contributed by atoms with Gasteiger partial charge in [-0.1, -0.05) is 64.7 Å². The predicted molar refractivity (Wildman–Crippen MR) is 87.3 cm³/mol. The van der Waals surface area contributed by atoms with Crippen molar-refractivity contribution >= 4 is 5.97 Å². The van der Waals surface area contributed by atoms with Gasteiger partial charge in [-0.05, 0) is 6.42 Å². The van der Waals surface area contributed by atoms with E-state index in [0.29, 0.717) is 19.8 Å². The van der Waals surface area contributed by atoms with E-state index in [2.05, 4.69) is 6.92 Å². The minimum absolute atomic E-state index is 0.000531. The average Bonchev–Trinajstić information content (AvgIpc) is 3.07. The van der Waals surface area contributed by atoms with Gasteiger partial charge >= 0.3 is 11.9 Å². The van der Waals surface area contributed by atoms with Gasteiger partial charge in [0.2, 0.25) is 5.57 Å². The second kappa shape index (κ2) is 12.8. The number of rotatable bonds is 12. The van der Waals surface area contributed by atoms with E-state index in [-0.39, 0.29) is 11.5 Å². The molecule has 1 saturated heterocycles. The lowest BCUT2D eigenvalue weighted by molar-refractivity contribution is -0.139. The number of hydrogen-bond acceptors (Lipinski definition) is 5. The lowest BCUT2D eigenvalue weighted by Crippen LogP contribution is -2.10. The molecule has 5 heteroatoms. The van der Waals surface area contributed by atoms with Crippen LogP contribution in [0.3, 0.4) is 0 Å². The number of esters is 1. The molecule has 0 aromatic heterocycles. The van der Waals surface area contributed by atoms with Crippen LogP contribution in [0.15, 0.2) is 11.5 Å². The first kappa shape index (κ1) is 19.3. The number of carbonyl (C=O) groups is 1. The van der Waals surface area contributed by atoms with Crippen molar-refractivity contribution in [1.82, 2.24) is 0 Å². The highest BCUT2D eigenvalue weighted by Gasteiger charge is 2.23. The van der Waals surface area contributed by atoms with Crippen LogP contribution in [0.4, 0.5) is 0 Å². The lowest BCUT2D eigenvalue weighted by atomic mass is 10.1. The van der Waals surface area contributed by atoms with Crippen molar-refractivity contribution in [2.45, 2.75) is 71.1 Å². The SMILES string of the molecule is CCCCCCCCCCCCOC(=O)C(C#N)=C1OCCO1. The Morgan fingerprint density at radius 3 is 2.04 bits per heavy atom. The minimum Gasteiger partial charge on any atom is -0.461 e. The van der Waals surface area contributed by atoms with Crippen molar-refractivity contribution in [3.63, 3.8) is 0 Å². The fraction of sp³-hybridized carbons (Fsp3) is 0.778. The van der Waals surface area contributed by atoms with Gasteiger partial charge in [-0.15, -0.1) is 0 Å². The van der Waals surface area contributed by atoms with Gasteiger partial charge in [-0.25, -0.2) is 4.79 Å². The van der Waals surface area contributed by atoms with Gasteiger partial charge in [0, 0.05) is 0 Å². The van der Waals surface area contributed by atoms with Crippen LogP contribution in [0.1, 0.15) is 71.1 Å². The molecule has 0 bridgehead atoms. The highest BCUT2D eigenvalue weighted by Crippen LogP contribution is 2.15. The van der Waals surface area contributed by atoms with Crippen molar-refractivity contribution in [3.8, 4) is 6.07 Å². The van der Waals surface area contributed by atoms with Crippen LogP contribution in [0.25, 0.3) is 0 Å². The summed E-state index contributed by atoms with van der Waals surface area (Å²) in [5, 5.41) is 8.97. The monoisotopic (exact) mass is 323 g/mol. The first-order chi connectivity index (χ1) is 11.3. The third-order valence-electron chi connectivity index (χ3n) is 3.80. The fourth-order valence-electron chi connectivity index (χ4n) is 2.46. The summed E-state index contributed by atoms with van der Waals surface area (Å²) in [6, 6.07) is 1.79. The van der Waals surface area contributed by atoms with Crippen molar-refractivity contribution < 1.29 is 19.0 Å². The number of nitriles is 1. The summed E-state index contributed by atoms with van der Waals surface area (Å²) in [4.78, 5) is 11.8. The summed E-state index contributed by atoms with van der Waals surface area (Å²) >= 11 is 0. The first-order valence-corrected chi connectivity index (χ1v) is 8.86. The van der Waals surface area contributed by atoms with Gasteiger partial charge in [-0.3, -0.25) is 0 Å².